The van der Waals surface area contributed by atoms with Crippen LogP contribution in [0.1, 0.15) is 33.6 Å². The number of ether oxygens (including phenoxy) is 1. The van der Waals surface area contributed by atoms with Crippen molar-refractivity contribution in [3.8, 4) is 0 Å². The molecule has 18 heavy (non-hydrogen) atoms. The zero-order chi connectivity index (χ0) is 14.2. The first-order valence-corrected chi connectivity index (χ1v) is 6.12. The van der Waals surface area contributed by atoms with E-state index in [1.54, 1.807) is 14.0 Å². The van der Waals surface area contributed by atoms with E-state index in [9.17, 15) is 9.59 Å². The van der Waals surface area contributed by atoms with E-state index in [1.807, 2.05) is 13.8 Å². The number of hydrogen-bond acceptors (Lipinski definition) is 4. The van der Waals surface area contributed by atoms with Crippen LogP contribution in [0.15, 0.2) is 0 Å². The maximum absolute atomic E-state index is 11.6. The Labute approximate surface area is 108 Å². The number of carboxylic acids is 1. The van der Waals surface area contributed by atoms with Crippen molar-refractivity contribution in [3.05, 3.63) is 0 Å². The van der Waals surface area contributed by atoms with E-state index in [-0.39, 0.29) is 18.5 Å². The summed E-state index contributed by atoms with van der Waals surface area (Å²) >= 11 is 0. The number of hydrogen-bond donors (Lipinski definition) is 3. The minimum absolute atomic E-state index is 0.0170. The maximum atomic E-state index is 11.6. The Morgan fingerprint density at radius 1 is 1.44 bits per heavy atom. The predicted molar refractivity (Wildman–Crippen MR) is 68.4 cm³/mol. The molecule has 0 aromatic carbocycles. The summed E-state index contributed by atoms with van der Waals surface area (Å²) in [7, 11) is 1.56. The van der Waals surface area contributed by atoms with Crippen molar-refractivity contribution in [2.24, 2.45) is 0 Å². The normalized spacial score (nSPS) is 15.8. The SMILES string of the molecule is CCCC(C)(NCC(=O)NC(C)COC)C(=O)O. The molecule has 0 aromatic heterocycles. The molecule has 0 saturated carbocycles. The molecular formula is C12H24N2O4. The highest BCUT2D eigenvalue weighted by atomic mass is 16.5. The standard InChI is InChI=1S/C12H24N2O4/c1-5-6-12(3,11(16)17)13-7-10(15)14-9(2)8-18-4/h9,13H,5-8H2,1-4H3,(H,14,15)(H,16,17). The molecule has 2 unspecified atom stereocenters. The monoisotopic (exact) mass is 260 g/mol. The van der Waals surface area contributed by atoms with Crippen LogP contribution >= 0.6 is 0 Å². The van der Waals surface area contributed by atoms with Crippen LogP contribution in [0.3, 0.4) is 0 Å². The Morgan fingerprint density at radius 3 is 2.50 bits per heavy atom. The van der Waals surface area contributed by atoms with E-state index >= 15 is 0 Å². The van der Waals surface area contributed by atoms with Crippen molar-refractivity contribution < 1.29 is 19.4 Å². The minimum atomic E-state index is -1.06. The van der Waals surface area contributed by atoms with Crippen LogP contribution in [0.25, 0.3) is 0 Å². The number of nitrogens with one attached hydrogen (secondary N) is 2. The highest BCUT2D eigenvalue weighted by Crippen LogP contribution is 2.11. The molecule has 0 aliphatic heterocycles. The van der Waals surface area contributed by atoms with Crippen molar-refractivity contribution in [2.45, 2.75) is 45.2 Å². The molecule has 0 saturated heterocycles. The zero-order valence-electron chi connectivity index (χ0n) is 11.6. The van der Waals surface area contributed by atoms with Gasteiger partial charge >= 0.3 is 5.97 Å². The Morgan fingerprint density at radius 2 is 2.06 bits per heavy atom. The second-order valence-corrected chi connectivity index (χ2v) is 4.66. The molecule has 6 heteroatoms. The van der Waals surface area contributed by atoms with Crippen LogP contribution in [0.2, 0.25) is 0 Å². The molecule has 0 bridgehead atoms. The largest absolute Gasteiger partial charge is 0.480 e. The van der Waals surface area contributed by atoms with Crippen molar-refractivity contribution >= 4 is 11.9 Å². The van der Waals surface area contributed by atoms with E-state index in [0.717, 1.165) is 6.42 Å². The summed E-state index contributed by atoms with van der Waals surface area (Å²) in [5.74, 6) is -1.18. The lowest BCUT2D eigenvalue weighted by Crippen LogP contribution is -2.53. The van der Waals surface area contributed by atoms with E-state index in [2.05, 4.69) is 10.6 Å². The summed E-state index contributed by atoms with van der Waals surface area (Å²) in [5.41, 5.74) is -1.06. The van der Waals surface area contributed by atoms with Crippen LogP contribution in [-0.4, -0.2) is 48.8 Å². The Hall–Kier alpha value is -1.14. The second kappa shape index (κ2) is 8.05. The Balaban J connectivity index is 4.20. The lowest BCUT2D eigenvalue weighted by Gasteiger charge is -2.26. The average Bonchev–Trinajstić information content (AvgIpc) is 2.27. The third-order valence-corrected chi connectivity index (χ3v) is 2.69. The van der Waals surface area contributed by atoms with E-state index in [0.29, 0.717) is 13.0 Å². The predicted octanol–water partition coefficient (Wildman–Crippen LogP) is 0.371. The molecule has 0 aliphatic rings. The smallest absolute Gasteiger partial charge is 0.323 e. The van der Waals surface area contributed by atoms with Gasteiger partial charge in [0.2, 0.25) is 5.91 Å². The van der Waals surface area contributed by atoms with Crippen molar-refractivity contribution in [1.82, 2.24) is 10.6 Å². The van der Waals surface area contributed by atoms with Gasteiger partial charge in [0.15, 0.2) is 0 Å². The van der Waals surface area contributed by atoms with Gasteiger partial charge in [-0.1, -0.05) is 13.3 Å². The Kier molecular flexibility index (Phi) is 7.54. The lowest BCUT2D eigenvalue weighted by molar-refractivity contribution is -0.144. The number of carboxylic acid groups (broad SMARTS) is 1. The fraction of sp³-hybridized carbons (Fsp3) is 0.833. The first-order chi connectivity index (χ1) is 8.35. The minimum Gasteiger partial charge on any atom is -0.480 e. The number of amides is 1. The highest BCUT2D eigenvalue weighted by Gasteiger charge is 2.31. The molecule has 2 atom stereocenters. The summed E-state index contributed by atoms with van der Waals surface area (Å²) < 4.78 is 4.90. The zero-order valence-corrected chi connectivity index (χ0v) is 11.6. The van der Waals surface area contributed by atoms with Crippen LogP contribution in [0, 0.1) is 0 Å². The molecule has 6 nitrogen and oxygen atoms in total. The van der Waals surface area contributed by atoms with Crippen LogP contribution in [0.5, 0.6) is 0 Å². The summed E-state index contributed by atoms with van der Waals surface area (Å²) in [6.45, 7) is 5.73. The molecule has 0 aromatic rings. The summed E-state index contributed by atoms with van der Waals surface area (Å²) in [6, 6.07) is -0.0911. The quantitative estimate of drug-likeness (QED) is 0.557. The van der Waals surface area contributed by atoms with E-state index < -0.39 is 11.5 Å². The topological polar surface area (TPSA) is 87.7 Å². The van der Waals surface area contributed by atoms with Gasteiger partial charge in [0.25, 0.3) is 0 Å². The maximum Gasteiger partial charge on any atom is 0.323 e. The second-order valence-electron chi connectivity index (χ2n) is 4.66. The first-order valence-electron chi connectivity index (χ1n) is 6.12. The number of carbonyl (C=O) groups excluding carboxylic acids is 1. The van der Waals surface area contributed by atoms with Gasteiger partial charge in [-0.15, -0.1) is 0 Å². The van der Waals surface area contributed by atoms with Crippen LogP contribution < -0.4 is 10.6 Å². The van der Waals surface area contributed by atoms with Gasteiger partial charge in [-0.3, -0.25) is 14.9 Å². The fourth-order valence-electron chi connectivity index (χ4n) is 1.66. The number of aliphatic carboxylic acids is 1. The lowest BCUT2D eigenvalue weighted by atomic mass is 9.96. The van der Waals surface area contributed by atoms with Gasteiger partial charge in [-0.2, -0.15) is 0 Å². The van der Waals surface area contributed by atoms with Gasteiger partial charge in [-0.25, -0.2) is 0 Å². The number of methoxy groups -OCH3 is 1. The molecule has 0 spiro atoms. The molecule has 106 valence electrons. The van der Waals surface area contributed by atoms with Crippen molar-refractivity contribution in [2.75, 3.05) is 20.3 Å². The Bertz CT molecular complexity index is 283. The molecule has 1 amide bonds. The van der Waals surface area contributed by atoms with Crippen molar-refractivity contribution in [1.29, 1.82) is 0 Å². The molecule has 0 fully saturated rings. The highest BCUT2D eigenvalue weighted by molar-refractivity contribution is 5.82. The average molecular weight is 260 g/mol. The summed E-state index contributed by atoms with van der Waals surface area (Å²) in [6.07, 6.45) is 1.21. The molecule has 0 heterocycles. The van der Waals surface area contributed by atoms with E-state index in [4.69, 9.17) is 9.84 Å². The van der Waals surface area contributed by atoms with Gasteiger partial charge in [0.05, 0.1) is 13.2 Å². The van der Waals surface area contributed by atoms with Gasteiger partial charge in [-0.05, 0) is 20.3 Å². The van der Waals surface area contributed by atoms with Gasteiger partial charge < -0.3 is 15.2 Å². The molecule has 0 radical (unpaired) electrons. The van der Waals surface area contributed by atoms with Gasteiger partial charge in [0.1, 0.15) is 5.54 Å². The molecule has 0 rings (SSSR count). The molecular weight excluding hydrogens is 236 g/mol. The fourth-order valence-corrected chi connectivity index (χ4v) is 1.66. The number of rotatable bonds is 9. The van der Waals surface area contributed by atoms with E-state index in [1.165, 1.54) is 0 Å². The van der Waals surface area contributed by atoms with Crippen LogP contribution in [0.4, 0.5) is 0 Å². The molecule has 0 aliphatic carbocycles. The van der Waals surface area contributed by atoms with Crippen LogP contribution in [-0.2, 0) is 14.3 Å². The number of carbonyl (C=O) groups is 2. The third-order valence-electron chi connectivity index (χ3n) is 2.69. The summed E-state index contributed by atoms with van der Waals surface area (Å²) in [5, 5.41) is 14.6. The molecule has 3 N–H and O–H groups in total. The third kappa shape index (κ3) is 5.97. The van der Waals surface area contributed by atoms with Crippen molar-refractivity contribution in [3.63, 3.8) is 0 Å². The summed E-state index contributed by atoms with van der Waals surface area (Å²) in [4.78, 5) is 22.7. The first kappa shape index (κ1) is 16.9. The van der Waals surface area contributed by atoms with Gasteiger partial charge in [0, 0.05) is 13.2 Å².